The first-order valence-electron chi connectivity index (χ1n) is 6.34. The molecule has 0 fully saturated rings. The number of amides is 1. The van der Waals surface area contributed by atoms with E-state index in [-0.39, 0.29) is 5.91 Å². The van der Waals surface area contributed by atoms with Gasteiger partial charge in [-0.05, 0) is 49.8 Å². The van der Waals surface area contributed by atoms with Gasteiger partial charge in [-0.2, -0.15) is 11.8 Å². The summed E-state index contributed by atoms with van der Waals surface area (Å²) in [5.74, 6) is 0.451. The lowest BCUT2D eigenvalue weighted by atomic mass is 9.99. The number of hydrogen-bond acceptors (Lipinski definition) is 4. The summed E-state index contributed by atoms with van der Waals surface area (Å²) in [4.78, 5) is 16.1. The number of carbonyl (C=O) groups excluding carboxylic acids is 1. The van der Waals surface area contributed by atoms with Crippen LogP contribution < -0.4 is 5.32 Å². The molecule has 106 valence electrons. The molecule has 0 aliphatic carbocycles. The summed E-state index contributed by atoms with van der Waals surface area (Å²) in [5, 5.41) is 5.48. The van der Waals surface area contributed by atoms with E-state index in [9.17, 15) is 4.79 Å². The summed E-state index contributed by atoms with van der Waals surface area (Å²) in [6.07, 6.45) is 1.91. The minimum absolute atomic E-state index is 0.00444. The van der Waals surface area contributed by atoms with Crippen molar-refractivity contribution in [3.63, 3.8) is 0 Å². The summed E-state index contributed by atoms with van der Waals surface area (Å²) >= 11 is 2.97. The van der Waals surface area contributed by atoms with Crippen molar-refractivity contribution in [3.05, 3.63) is 34.2 Å². The lowest BCUT2D eigenvalue weighted by Gasteiger charge is -2.07. The predicted octanol–water partition coefficient (Wildman–Crippen LogP) is 4.04. The Morgan fingerprint density at radius 3 is 2.65 bits per heavy atom. The third kappa shape index (κ3) is 3.41. The quantitative estimate of drug-likeness (QED) is 0.927. The maximum Gasteiger partial charge on any atom is 0.236 e. The first kappa shape index (κ1) is 15.1. The molecule has 1 heterocycles. The normalized spacial score (nSPS) is 10.6. The molecule has 2 aromatic rings. The van der Waals surface area contributed by atoms with Gasteiger partial charge in [0.2, 0.25) is 5.91 Å². The van der Waals surface area contributed by atoms with Gasteiger partial charge in [-0.15, -0.1) is 11.3 Å². The maximum atomic E-state index is 11.6. The molecule has 0 saturated carbocycles. The Balaban J connectivity index is 2.25. The number of anilines is 1. The van der Waals surface area contributed by atoms with E-state index in [1.54, 1.807) is 0 Å². The van der Waals surface area contributed by atoms with Crippen LogP contribution in [0.25, 0.3) is 11.3 Å². The molecule has 0 saturated heterocycles. The number of aryl methyl sites for hydroxylation is 3. The third-order valence-corrected chi connectivity index (χ3v) is 4.45. The van der Waals surface area contributed by atoms with Crippen molar-refractivity contribution in [2.24, 2.45) is 0 Å². The van der Waals surface area contributed by atoms with Crippen LogP contribution in [0.3, 0.4) is 0 Å². The smallest absolute Gasteiger partial charge is 0.236 e. The molecule has 0 aliphatic heterocycles. The lowest BCUT2D eigenvalue weighted by Crippen LogP contribution is -2.13. The van der Waals surface area contributed by atoms with Crippen molar-refractivity contribution in [1.82, 2.24) is 4.98 Å². The first-order chi connectivity index (χ1) is 9.51. The predicted molar refractivity (Wildman–Crippen MR) is 88.8 cm³/mol. The standard InChI is InChI=1S/C15H18N2OS2/c1-9-5-11(3)12(6-10(9)2)13-7-20-15(16-13)17-14(18)8-19-4/h5-7H,8H2,1-4H3,(H,16,17,18). The van der Waals surface area contributed by atoms with E-state index in [0.717, 1.165) is 11.3 Å². The van der Waals surface area contributed by atoms with Gasteiger partial charge in [-0.3, -0.25) is 4.79 Å². The van der Waals surface area contributed by atoms with Crippen LogP contribution in [0.4, 0.5) is 5.13 Å². The fourth-order valence-electron chi connectivity index (χ4n) is 1.98. The number of nitrogens with zero attached hydrogens (tertiary/aromatic N) is 1. The topological polar surface area (TPSA) is 42.0 Å². The summed E-state index contributed by atoms with van der Waals surface area (Å²) in [7, 11) is 0. The van der Waals surface area contributed by atoms with Gasteiger partial charge in [0.15, 0.2) is 5.13 Å². The van der Waals surface area contributed by atoms with Gasteiger partial charge in [0.25, 0.3) is 0 Å². The molecule has 20 heavy (non-hydrogen) atoms. The number of hydrogen-bond donors (Lipinski definition) is 1. The number of benzene rings is 1. The van der Waals surface area contributed by atoms with Gasteiger partial charge in [0, 0.05) is 10.9 Å². The second-order valence-electron chi connectivity index (χ2n) is 4.77. The molecule has 0 bridgehead atoms. The molecule has 0 unspecified atom stereocenters. The van der Waals surface area contributed by atoms with Crippen molar-refractivity contribution in [3.8, 4) is 11.3 Å². The molecule has 1 aromatic heterocycles. The van der Waals surface area contributed by atoms with Gasteiger partial charge < -0.3 is 5.32 Å². The van der Waals surface area contributed by atoms with Crippen molar-refractivity contribution >= 4 is 34.1 Å². The van der Waals surface area contributed by atoms with Crippen LogP contribution >= 0.6 is 23.1 Å². The van der Waals surface area contributed by atoms with Gasteiger partial charge >= 0.3 is 0 Å². The number of thioether (sulfide) groups is 1. The average Bonchev–Trinajstić information content (AvgIpc) is 2.82. The van der Waals surface area contributed by atoms with E-state index in [0.29, 0.717) is 10.9 Å². The van der Waals surface area contributed by atoms with Gasteiger partial charge in [-0.25, -0.2) is 4.98 Å². The SMILES string of the molecule is CSCC(=O)Nc1nc(-c2cc(C)c(C)cc2C)cs1. The highest BCUT2D eigenvalue weighted by molar-refractivity contribution is 7.99. The second-order valence-corrected chi connectivity index (χ2v) is 6.49. The van der Waals surface area contributed by atoms with Crippen molar-refractivity contribution in [2.45, 2.75) is 20.8 Å². The molecule has 5 heteroatoms. The molecular formula is C15H18N2OS2. The van der Waals surface area contributed by atoms with Crippen LogP contribution in [0.15, 0.2) is 17.5 Å². The highest BCUT2D eigenvalue weighted by atomic mass is 32.2. The van der Waals surface area contributed by atoms with E-state index >= 15 is 0 Å². The average molecular weight is 306 g/mol. The monoisotopic (exact) mass is 306 g/mol. The lowest BCUT2D eigenvalue weighted by molar-refractivity contribution is -0.113. The van der Waals surface area contributed by atoms with E-state index < -0.39 is 0 Å². The van der Waals surface area contributed by atoms with Crippen LogP contribution in [-0.4, -0.2) is 22.9 Å². The van der Waals surface area contributed by atoms with E-state index in [2.05, 4.69) is 43.2 Å². The Hall–Kier alpha value is -1.33. The summed E-state index contributed by atoms with van der Waals surface area (Å²) in [5.41, 5.74) is 5.81. The number of carbonyl (C=O) groups is 1. The summed E-state index contributed by atoms with van der Waals surface area (Å²) in [6.45, 7) is 6.31. The Bertz CT molecular complexity index is 635. The second kappa shape index (κ2) is 6.41. The molecule has 0 radical (unpaired) electrons. The van der Waals surface area contributed by atoms with Crippen molar-refractivity contribution in [2.75, 3.05) is 17.3 Å². The summed E-state index contributed by atoms with van der Waals surface area (Å²) < 4.78 is 0. The van der Waals surface area contributed by atoms with E-state index in [4.69, 9.17) is 0 Å². The molecule has 1 amide bonds. The zero-order chi connectivity index (χ0) is 14.7. The fourth-order valence-corrected chi connectivity index (χ4v) is 3.04. The van der Waals surface area contributed by atoms with Crippen LogP contribution in [0.1, 0.15) is 16.7 Å². The third-order valence-electron chi connectivity index (χ3n) is 3.14. The number of thiazole rings is 1. The number of nitrogens with one attached hydrogen (secondary N) is 1. The van der Waals surface area contributed by atoms with Crippen LogP contribution in [0, 0.1) is 20.8 Å². The van der Waals surface area contributed by atoms with Gasteiger partial charge in [-0.1, -0.05) is 6.07 Å². The van der Waals surface area contributed by atoms with Crippen molar-refractivity contribution in [1.29, 1.82) is 0 Å². The zero-order valence-corrected chi connectivity index (χ0v) is 13.7. The van der Waals surface area contributed by atoms with Gasteiger partial charge in [0.1, 0.15) is 0 Å². The van der Waals surface area contributed by atoms with Crippen LogP contribution in [0.2, 0.25) is 0 Å². The van der Waals surface area contributed by atoms with Gasteiger partial charge in [0.05, 0.1) is 11.4 Å². The first-order valence-corrected chi connectivity index (χ1v) is 8.61. The van der Waals surface area contributed by atoms with Crippen molar-refractivity contribution < 1.29 is 4.79 Å². The molecule has 0 aliphatic rings. The molecule has 0 spiro atoms. The minimum atomic E-state index is -0.00444. The molecule has 2 rings (SSSR count). The molecule has 3 nitrogen and oxygen atoms in total. The molecule has 0 atom stereocenters. The molecular weight excluding hydrogens is 288 g/mol. The maximum absolute atomic E-state index is 11.6. The Labute approximate surface area is 127 Å². The Morgan fingerprint density at radius 2 is 1.95 bits per heavy atom. The molecule has 1 aromatic carbocycles. The minimum Gasteiger partial charge on any atom is -0.301 e. The number of aromatic nitrogens is 1. The highest BCUT2D eigenvalue weighted by Crippen LogP contribution is 2.29. The Morgan fingerprint density at radius 1 is 1.25 bits per heavy atom. The highest BCUT2D eigenvalue weighted by Gasteiger charge is 2.10. The van der Waals surface area contributed by atoms with E-state index in [1.165, 1.54) is 39.8 Å². The van der Waals surface area contributed by atoms with Crippen LogP contribution in [-0.2, 0) is 4.79 Å². The summed E-state index contributed by atoms with van der Waals surface area (Å²) in [6, 6.07) is 4.34. The number of rotatable bonds is 4. The zero-order valence-electron chi connectivity index (χ0n) is 12.1. The van der Waals surface area contributed by atoms with Crippen LogP contribution in [0.5, 0.6) is 0 Å². The van der Waals surface area contributed by atoms with E-state index in [1.807, 2.05) is 11.6 Å². The Kier molecular flexibility index (Phi) is 4.83. The largest absolute Gasteiger partial charge is 0.301 e. The fraction of sp³-hybridized carbons (Fsp3) is 0.333. The molecule has 1 N–H and O–H groups in total.